The molecule has 0 amide bonds. The quantitative estimate of drug-likeness (QED) is 0.165. The lowest BCUT2D eigenvalue weighted by molar-refractivity contribution is 0.616. The van der Waals surface area contributed by atoms with E-state index in [-0.39, 0.29) is 6.71 Å². The van der Waals surface area contributed by atoms with Crippen LogP contribution in [0.1, 0.15) is 0 Å². The van der Waals surface area contributed by atoms with E-state index in [1.165, 1.54) is 16.4 Å². The Morgan fingerprint density at radius 3 is 1.29 bits per heavy atom. The van der Waals surface area contributed by atoms with Gasteiger partial charge in [0, 0.05) is 78.3 Å². The van der Waals surface area contributed by atoms with Crippen LogP contribution in [0.5, 0.6) is 0 Å². The first kappa shape index (κ1) is 34.9. The summed E-state index contributed by atoms with van der Waals surface area (Å²) >= 11 is 0. The van der Waals surface area contributed by atoms with Crippen molar-refractivity contribution in [1.82, 2.24) is 0 Å². The SMILES string of the molecule is c1ccc(-c2c(N3c4cc5oc6ccccc6c5cc4B4c5cc6c(cc5N(c5ccc7ccoc7c5-c5ccccc5)c5cccc3c54)oc3ccccc36)ccc3ccoc23)cc1. The molecule has 9 aromatic carbocycles. The fourth-order valence-electron chi connectivity index (χ4n) is 11.1. The van der Waals surface area contributed by atoms with Gasteiger partial charge in [-0.25, -0.2) is 0 Å². The van der Waals surface area contributed by atoms with E-state index in [1.54, 1.807) is 12.5 Å². The van der Waals surface area contributed by atoms with Crippen LogP contribution in [0, 0.1) is 0 Å². The van der Waals surface area contributed by atoms with Gasteiger partial charge in [-0.05, 0) is 88.2 Å². The smallest absolute Gasteiger partial charge is 0.252 e. The highest BCUT2D eigenvalue weighted by Crippen LogP contribution is 2.51. The molecule has 0 fully saturated rings. The average molecular weight is 833 g/mol. The first-order valence-electron chi connectivity index (χ1n) is 22.0. The molecular weight excluding hydrogens is 799 g/mol. The lowest BCUT2D eigenvalue weighted by Crippen LogP contribution is -2.61. The molecule has 302 valence electrons. The number of rotatable bonds is 4. The molecular formula is C58H33BN2O4. The van der Waals surface area contributed by atoms with Crippen LogP contribution >= 0.6 is 0 Å². The molecule has 4 aromatic heterocycles. The Balaban J connectivity index is 1.11. The van der Waals surface area contributed by atoms with Gasteiger partial charge in [-0.1, -0.05) is 115 Å². The lowest BCUT2D eigenvalue weighted by Gasteiger charge is -2.44. The van der Waals surface area contributed by atoms with Crippen molar-refractivity contribution in [1.29, 1.82) is 0 Å². The first-order chi connectivity index (χ1) is 32.2. The molecule has 7 heteroatoms. The van der Waals surface area contributed by atoms with Crippen LogP contribution in [0.3, 0.4) is 0 Å². The fourth-order valence-corrected chi connectivity index (χ4v) is 11.1. The van der Waals surface area contributed by atoms with Crippen molar-refractivity contribution in [3.8, 4) is 22.3 Å². The van der Waals surface area contributed by atoms with Gasteiger partial charge in [-0.15, -0.1) is 0 Å². The molecule has 2 aliphatic heterocycles. The maximum Gasteiger partial charge on any atom is 0.252 e. The summed E-state index contributed by atoms with van der Waals surface area (Å²) in [6.45, 7) is -0.171. The minimum atomic E-state index is -0.171. The second-order valence-electron chi connectivity index (χ2n) is 17.2. The first-order valence-corrected chi connectivity index (χ1v) is 22.0. The van der Waals surface area contributed by atoms with E-state index in [9.17, 15) is 0 Å². The Bertz CT molecular complexity index is 3840. The van der Waals surface area contributed by atoms with Crippen molar-refractivity contribution in [3.63, 3.8) is 0 Å². The van der Waals surface area contributed by atoms with E-state index in [0.717, 1.165) is 122 Å². The summed E-state index contributed by atoms with van der Waals surface area (Å²) in [5, 5.41) is 6.43. The Kier molecular flexibility index (Phi) is 6.94. The van der Waals surface area contributed by atoms with Gasteiger partial charge in [0.15, 0.2) is 0 Å². The van der Waals surface area contributed by atoms with Crippen LogP contribution in [-0.2, 0) is 0 Å². The van der Waals surface area contributed by atoms with Crippen LogP contribution in [0.25, 0.3) is 88.1 Å². The molecule has 13 aromatic rings. The maximum atomic E-state index is 6.72. The van der Waals surface area contributed by atoms with Crippen LogP contribution in [-0.4, -0.2) is 6.71 Å². The minimum Gasteiger partial charge on any atom is -0.464 e. The number of hydrogen-bond acceptors (Lipinski definition) is 6. The molecule has 0 bridgehead atoms. The van der Waals surface area contributed by atoms with Gasteiger partial charge in [-0.2, -0.15) is 0 Å². The van der Waals surface area contributed by atoms with Gasteiger partial charge in [0.1, 0.15) is 33.5 Å². The van der Waals surface area contributed by atoms with Crippen LogP contribution in [0.2, 0.25) is 0 Å². The Hall–Kier alpha value is -8.68. The molecule has 6 nitrogen and oxygen atoms in total. The molecule has 0 saturated carbocycles. The third-order valence-corrected chi connectivity index (χ3v) is 13.8. The molecule has 0 aliphatic carbocycles. The third-order valence-electron chi connectivity index (χ3n) is 13.8. The third kappa shape index (κ3) is 4.78. The normalized spacial score (nSPS) is 13.1. The molecule has 6 heterocycles. The summed E-state index contributed by atoms with van der Waals surface area (Å²) in [4.78, 5) is 4.90. The Morgan fingerprint density at radius 1 is 0.338 bits per heavy atom. The largest absolute Gasteiger partial charge is 0.464 e. The number of fused-ring (bicyclic) bond motifs is 12. The summed E-state index contributed by atoms with van der Waals surface area (Å²) in [7, 11) is 0. The predicted octanol–water partition coefficient (Wildman–Crippen LogP) is 14.4. The number of hydrogen-bond donors (Lipinski definition) is 0. The number of nitrogens with zero attached hydrogens (tertiary/aromatic N) is 2. The monoisotopic (exact) mass is 832 g/mol. The van der Waals surface area contributed by atoms with Gasteiger partial charge < -0.3 is 27.5 Å². The summed E-state index contributed by atoms with van der Waals surface area (Å²) in [6, 6.07) is 66.9. The summed E-state index contributed by atoms with van der Waals surface area (Å²) in [5.74, 6) is 0. The van der Waals surface area contributed by atoms with Crippen molar-refractivity contribution < 1.29 is 17.7 Å². The fraction of sp³-hybridized carbons (Fsp3) is 0. The summed E-state index contributed by atoms with van der Waals surface area (Å²) in [5.41, 5.74) is 19.1. The lowest BCUT2D eigenvalue weighted by atomic mass is 9.33. The Labute approximate surface area is 371 Å². The molecule has 0 atom stereocenters. The zero-order valence-electron chi connectivity index (χ0n) is 34.7. The van der Waals surface area contributed by atoms with Crippen molar-refractivity contribution in [2.45, 2.75) is 0 Å². The molecule has 0 radical (unpaired) electrons. The second-order valence-corrected chi connectivity index (χ2v) is 17.2. The van der Waals surface area contributed by atoms with E-state index in [2.05, 4.69) is 174 Å². The van der Waals surface area contributed by atoms with E-state index in [1.807, 2.05) is 24.3 Å². The summed E-state index contributed by atoms with van der Waals surface area (Å²) < 4.78 is 26.2. The molecule has 15 rings (SSSR count). The standard InChI is InChI=1S/C58H33BN2O4/c1-3-12-34(13-4-1)54-44(24-22-36-26-28-62-57(36)54)60-46-18-11-19-47-56(46)59(42-30-40-38-16-7-9-20-50(38)64-52(40)32-48(42)60)43-31-41-39-17-8-10-21-51(39)65-53(41)33-49(43)61(47)45-25-23-37-27-29-63-58(37)55(45)35-14-5-2-6-15-35/h1-33H. The topological polar surface area (TPSA) is 59.0 Å². The van der Waals surface area contributed by atoms with Crippen molar-refractivity contribution in [2.75, 3.05) is 9.80 Å². The molecule has 0 N–H and O–H groups in total. The zero-order chi connectivity index (χ0) is 42.3. The summed E-state index contributed by atoms with van der Waals surface area (Å²) in [6.07, 6.45) is 3.58. The number of benzene rings is 9. The second kappa shape index (κ2) is 12.9. The minimum absolute atomic E-state index is 0.171. The van der Waals surface area contributed by atoms with Gasteiger partial charge in [0.2, 0.25) is 0 Å². The number of furan rings is 4. The predicted molar refractivity (Wildman–Crippen MR) is 265 cm³/mol. The molecule has 65 heavy (non-hydrogen) atoms. The maximum absolute atomic E-state index is 6.72. The average Bonchev–Trinajstić information content (AvgIpc) is 4.18. The molecule has 0 spiro atoms. The van der Waals surface area contributed by atoms with Gasteiger partial charge in [0.05, 0.1) is 23.9 Å². The van der Waals surface area contributed by atoms with Crippen molar-refractivity contribution in [3.05, 3.63) is 201 Å². The molecule has 0 unspecified atom stereocenters. The van der Waals surface area contributed by atoms with E-state index in [0.29, 0.717) is 0 Å². The van der Waals surface area contributed by atoms with Crippen molar-refractivity contribution in [2.24, 2.45) is 0 Å². The van der Waals surface area contributed by atoms with E-state index < -0.39 is 0 Å². The Morgan fingerprint density at radius 2 is 0.800 bits per heavy atom. The molecule has 2 aliphatic rings. The van der Waals surface area contributed by atoms with Crippen LogP contribution < -0.4 is 26.2 Å². The molecule has 0 saturated heterocycles. The van der Waals surface area contributed by atoms with E-state index >= 15 is 0 Å². The van der Waals surface area contributed by atoms with Gasteiger partial charge in [0.25, 0.3) is 6.71 Å². The van der Waals surface area contributed by atoms with Crippen molar-refractivity contribution >= 4 is 123 Å². The van der Waals surface area contributed by atoms with Crippen LogP contribution in [0.4, 0.5) is 34.1 Å². The van der Waals surface area contributed by atoms with E-state index in [4.69, 9.17) is 17.7 Å². The number of para-hydroxylation sites is 2. The van der Waals surface area contributed by atoms with Gasteiger partial charge >= 0.3 is 0 Å². The number of anilines is 6. The highest BCUT2D eigenvalue weighted by Gasteiger charge is 2.45. The van der Waals surface area contributed by atoms with Crippen LogP contribution in [0.15, 0.2) is 218 Å². The zero-order valence-corrected chi connectivity index (χ0v) is 34.7. The highest BCUT2D eigenvalue weighted by molar-refractivity contribution is 7.00. The van der Waals surface area contributed by atoms with Gasteiger partial charge in [-0.3, -0.25) is 0 Å². The highest BCUT2D eigenvalue weighted by atomic mass is 16.3.